The first-order chi connectivity index (χ1) is 7.02. The standard InChI is InChI=1S/C13H25NO/c1-5-8-13(3,10-15)9-14(4)11(2)12-6-7-12/h10-12H,5-9H2,1-4H3. The Labute approximate surface area is 94.0 Å². The van der Waals surface area contributed by atoms with E-state index in [0.29, 0.717) is 6.04 Å². The Kier molecular flexibility index (Phi) is 4.32. The average molecular weight is 211 g/mol. The third kappa shape index (κ3) is 3.60. The Hall–Kier alpha value is -0.370. The van der Waals surface area contributed by atoms with Gasteiger partial charge >= 0.3 is 0 Å². The van der Waals surface area contributed by atoms with Crippen molar-refractivity contribution in [3.05, 3.63) is 0 Å². The fourth-order valence-corrected chi connectivity index (χ4v) is 2.40. The molecule has 0 heterocycles. The second-order valence-electron chi connectivity index (χ2n) is 5.52. The molecule has 2 atom stereocenters. The summed E-state index contributed by atoms with van der Waals surface area (Å²) in [6.45, 7) is 7.42. The van der Waals surface area contributed by atoms with Crippen LogP contribution in [0.2, 0.25) is 0 Å². The van der Waals surface area contributed by atoms with Gasteiger partial charge in [-0.05, 0) is 39.2 Å². The van der Waals surface area contributed by atoms with E-state index in [9.17, 15) is 4.79 Å². The van der Waals surface area contributed by atoms with Crippen molar-refractivity contribution < 1.29 is 4.79 Å². The van der Waals surface area contributed by atoms with Crippen LogP contribution in [0, 0.1) is 11.3 Å². The van der Waals surface area contributed by atoms with Gasteiger partial charge in [-0.3, -0.25) is 0 Å². The minimum absolute atomic E-state index is 0.146. The minimum atomic E-state index is -0.146. The molecule has 1 rings (SSSR count). The van der Waals surface area contributed by atoms with Crippen LogP contribution in [0.25, 0.3) is 0 Å². The van der Waals surface area contributed by atoms with Crippen LogP contribution in [-0.4, -0.2) is 30.8 Å². The Morgan fingerprint density at radius 3 is 2.53 bits per heavy atom. The topological polar surface area (TPSA) is 20.3 Å². The highest BCUT2D eigenvalue weighted by Gasteiger charge is 2.33. The molecule has 0 aliphatic heterocycles. The summed E-state index contributed by atoms with van der Waals surface area (Å²) in [5, 5.41) is 0. The van der Waals surface area contributed by atoms with Gasteiger partial charge in [0.2, 0.25) is 0 Å². The first-order valence-corrected chi connectivity index (χ1v) is 6.19. The SMILES string of the molecule is CCCC(C)(C=O)CN(C)C(C)C1CC1. The van der Waals surface area contributed by atoms with Gasteiger partial charge in [-0.25, -0.2) is 0 Å². The first-order valence-electron chi connectivity index (χ1n) is 6.19. The number of hydrogen-bond acceptors (Lipinski definition) is 2. The average Bonchev–Trinajstić information content (AvgIpc) is 3.00. The summed E-state index contributed by atoms with van der Waals surface area (Å²) in [6, 6.07) is 0.640. The maximum absolute atomic E-state index is 11.1. The molecule has 15 heavy (non-hydrogen) atoms. The summed E-state index contributed by atoms with van der Waals surface area (Å²) in [6.07, 6.45) is 5.97. The van der Waals surface area contributed by atoms with Crippen LogP contribution < -0.4 is 0 Å². The van der Waals surface area contributed by atoms with Gasteiger partial charge in [0.05, 0.1) is 0 Å². The summed E-state index contributed by atoms with van der Waals surface area (Å²) in [7, 11) is 2.15. The second kappa shape index (κ2) is 5.11. The maximum Gasteiger partial charge on any atom is 0.127 e. The van der Waals surface area contributed by atoms with Gasteiger partial charge in [-0.1, -0.05) is 20.3 Å². The lowest BCUT2D eigenvalue weighted by Gasteiger charge is -2.32. The van der Waals surface area contributed by atoms with Gasteiger partial charge in [-0.15, -0.1) is 0 Å². The Morgan fingerprint density at radius 2 is 2.13 bits per heavy atom. The van der Waals surface area contributed by atoms with Gasteiger partial charge in [-0.2, -0.15) is 0 Å². The summed E-state index contributed by atoms with van der Waals surface area (Å²) >= 11 is 0. The van der Waals surface area contributed by atoms with E-state index in [1.165, 1.54) is 12.8 Å². The lowest BCUT2D eigenvalue weighted by Crippen LogP contribution is -2.40. The lowest BCUT2D eigenvalue weighted by molar-refractivity contribution is -0.117. The van der Waals surface area contributed by atoms with Gasteiger partial charge in [0, 0.05) is 18.0 Å². The van der Waals surface area contributed by atoms with Crippen LogP contribution in [-0.2, 0) is 4.79 Å². The van der Waals surface area contributed by atoms with E-state index in [4.69, 9.17) is 0 Å². The molecule has 0 aromatic rings. The van der Waals surface area contributed by atoms with Gasteiger partial charge in [0.15, 0.2) is 0 Å². The predicted octanol–water partition coefficient (Wildman–Crippen LogP) is 2.72. The molecule has 0 aromatic heterocycles. The van der Waals surface area contributed by atoms with Crippen LogP contribution in [0.4, 0.5) is 0 Å². The van der Waals surface area contributed by atoms with E-state index in [1.54, 1.807) is 0 Å². The first kappa shape index (κ1) is 12.7. The van der Waals surface area contributed by atoms with Gasteiger partial charge in [0.1, 0.15) is 6.29 Å². The third-order valence-electron chi connectivity index (χ3n) is 3.72. The molecule has 0 radical (unpaired) electrons. The van der Waals surface area contributed by atoms with Crippen LogP contribution >= 0.6 is 0 Å². The zero-order valence-electron chi connectivity index (χ0n) is 10.6. The fourth-order valence-electron chi connectivity index (χ4n) is 2.40. The Balaban J connectivity index is 2.45. The highest BCUT2D eigenvalue weighted by Crippen LogP contribution is 2.35. The molecule has 88 valence electrons. The Bertz CT molecular complexity index is 213. The molecule has 0 N–H and O–H groups in total. The minimum Gasteiger partial charge on any atom is -0.303 e. The Morgan fingerprint density at radius 1 is 1.53 bits per heavy atom. The van der Waals surface area contributed by atoms with Crippen molar-refractivity contribution in [2.75, 3.05) is 13.6 Å². The van der Waals surface area contributed by atoms with Crippen molar-refractivity contribution >= 4 is 6.29 Å². The molecule has 2 unspecified atom stereocenters. The molecular weight excluding hydrogens is 186 g/mol. The summed E-state index contributed by atoms with van der Waals surface area (Å²) in [5.41, 5.74) is -0.146. The van der Waals surface area contributed by atoms with Gasteiger partial charge in [0.25, 0.3) is 0 Å². The molecular formula is C13H25NO. The van der Waals surface area contributed by atoms with Crippen LogP contribution in [0.1, 0.15) is 46.5 Å². The van der Waals surface area contributed by atoms with Crippen LogP contribution in [0.3, 0.4) is 0 Å². The molecule has 2 nitrogen and oxygen atoms in total. The molecule has 0 saturated heterocycles. The second-order valence-corrected chi connectivity index (χ2v) is 5.52. The van der Waals surface area contributed by atoms with Crippen molar-refractivity contribution in [3.8, 4) is 0 Å². The number of hydrogen-bond donors (Lipinski definition) is 0. The maximum atomic E-state index is 11.1. The summed E-state index contributed by atoms with van der Waals surface area (Å²) < 4.78 is 0. The van der Waals surface area contributed by atoms with Crippen molar-refractivity contribution in [2.24, 2.45) is 11.3 Å². The molecule has 0 amide bonds. The third-order valence-corrected chi connectivity index (χ3v) is 3.72. The summed E-state index contributed by atoms with van der Waals surface area (Å²) in [5.74, 6) is 0.882. The van der Waals surface area contributed by atoms with Gasteiger partial charge < -0.3 is 9.69 Å². The van der Waals surface area contributed by atoms with E-state index in [2.05, 4.69) is 32.7 Å². The van der Waals surface area contributed by atoms with E-state index in [-0.39, 0.29) is 5.41 Å². The number of carbonyl (C=O) groups excluding carboxylic acids is 1. The molecule has 2 heteroatoms. The van der Waals surface area contributed by atoms with E-state index >= 15 is 0 Å². The zero-order valence-corrected chi connectivity index (χ0v) is 10.6. The molecule has 1 aliphatic carbocycles. The molecule has 0 aromatic carbocycles. The monoisotopic (exact) mass is 211 g/mol. The van der Waals surface area contributed by atoms with Crippen molar-refractivity contribution in [3.63, 3.8) is 0 Å². The fraction of sp³-hybridized carbons (Fsp3) is 0.923. The van der Waals surface area contributed by atoms with Crippen molar-refractivity contribution in [1.29, 1.82) is 0 Å². The highest BCUT2D eigenvalue weighted by atomic mass is 16.1. The van der Waals surface area contributed by atoms with E-state index in [0.717, 1.165) is 31.6 Å². The number of rotatable bonds is 7. The molecule has 1 fully saturated rings. The smallest absolute Gasteiger partial charge is 0.127 e. The molecule has 1 aliphatic rings. The lowest BCUT2D eigenvalue weighted by atomic mass is 9.86. The largest absolute Gasteiger partial charge is 0.303 e. The highest BCUT2D eigenvalue weighted by molar-refractivity contribution is 5.59. The number of nitrogens with zero attached hydrogens (tertiary/aromatic N) is 1. The normalized spacial score (nSPS) is 22.5. The zero-order chi connectivity index (χ0) is 11.5. The summed E-state index contributed by atoms with van der Waals surface area (Å²) in [4.78, 5) is 13.5. The number of carbonyl (C=O) groups is 1. The van der Waals surface area contributed by atoms with Crippen molar-refractivity contribution in [2.45, 2.75) is 52.5 Å². The van der Waals surface area contributed by atoms with Crippen molar-refractivity contribution in [1.82, 2.24) is 4.90 Å². The number of aldehydes is 1. The molecule has 0 spiro atoms. The van der Waals surface area contributed by atoms with Crippen LogP contribution in [0.15, 0.2) is 0 Å². The predicted molar refractivity (Wildman–Crippen MR) is 63.9 cm³/mol. The van der Waals surface area contributed by atoms with Crippen LogP contribution in [0.5, 0.6) is 0 Å². The molecule has 1 saturated carbocycles. The molecule has 0 bridgehead atoms. The quantitative estimate of drug-likeness (QED) is 0.603. The van der Waals surface area contributed by atoms with E-state index < -0.39 is 0 Å². The van der Waals surface area contributed by atoms with E-state index in [1.807, 2.05) is 0 Å².